The number of nitrogens with zero attached hydrogens (tertiary/aromatic N) is 2. The highest BCUT2D eigenvalue weighted by molar-refractivity contribution is 6.02. The smallest absolute Gasteiger partial charge is 0.248 e. The number of aromatic nitrogens is 2. The minimum absolute atomic E-state index is 0.239. The number of carbonyl (C=O) groups excluding carboxylic acids is 1. The first kappa shape index (κ1) is 19.7. The molecule has 2 aromatic heterocycles. The maximum Gasteiger partial charge on any atom is 0.248 e. The molecular weight excluding hydrogens is 406 g/mol. The Bertz CT molecular complexity index is 1260. The summed E-state index contributed by atoms with van der Waals surface area (Å²) in [5, 5.41) is 2.85. The van der Waals surface area contributed by atoms with Gasteiger partial charge in [-0.2, -0.15) is 0 Å². The summed E-state index contributed by atoms with van der Waals surface area (Å²) in [6.45, 7) is 1.41. The highest BCUT2D eigenvalue weighted by Crippen LogP contribution is 2.31. The molecule has 0 fully saturated rings. The van der Waals surface area contributed by atoms with E-state index in [-0.39, 0.29) is 5.91 Å². The molecule has 0 bridgehead atoms. The van der Waals surface area contributed by atoms with Crippen molar-refractivity contribution in [3.05, 3.63) is 90.4 Å². The first-order valence-electron chi connectivity index (χ1n) is 10.3. The fourth-order valence-electron chi connectivity index (χ4n) is 3.40. The lowest BCUT2D eigenvalue weighted by Crippen LogP contribution is -2.15. The van der Waals surface area contributed by atoms with Crippen LogP contribution in [0.15, 0.2) is 79.1 Å². The molecule has 1 amide bonds. The summed E-state index contributed by atoms with van der Waals surface area (Å²) in [5.41, 5.74) is 3.20. The maximum atomic E-state index is 12.4. The highest BCUT2D eigenvalue weighted by atomic mass is 16.6. The van der Waals surface area contributed by atoms with Crippen LogP contribution in [0.5, 0.6) is 17.2 Å². The molecule has 1 N–H and O–H groups in total. The Morgan fingerprint density at radius 1 is 1.06 bits per heavy atom. The van der Waals surface area contributed by atoms with Gasteiger partial charge < -0.3 is 23.9 Å². The van der Waals surface area contributed by atoms with E-state index < -0.39 is 0 Å². The van der Waals surface area contributed by atoms with Crippen molar-refractivity contribution in [2.45, 2.75) is 6.61 Å². The fourth-order valence-corrected chi connectivity index (χ4v) is 3.40. The number of amides is 1. The van der Waals surface area contributed by atoms with Gasteiger partial charge in [0.1, 0.15) is 31.2 Å². The number of imidazole rings is 1. The molecule has 2 aromatic carbocycles. The number of hydrogen-bond donors (Lipinski definition) is 1. The zero-order valence-corrected chi connectivity index (χ0v) is 17.2. The van der Waals surface area contributed by atoms with Gasteiger partial charge >= 0.3 is 0 Å². The number of rotatable bonds is 6. The molecule has 1 aliphatic rings. The zero-order valence-electron chi connectivity index (χ0n) is 17.2. The van der Waals surface area contributed by atoms with E-state index in [0.717, 1.165) is 22.7 Å². The van der Waals surface area contributed by atoms with Crippen LogP contribution in [-0.4, -0.2) is 28.5 Å². The van der Waals surface area contributed by atoms with Crippen molar-refractivity contribution in [2.24, 2.45) is 0 Å². The van der Waals surface area contributed by atoms with Crippen molar-refractivity contribution in [2.75, 3.05) is 18.5 Å². The van der Waals surface area contributed by atoms with E-state index >= 15 is 0 Å². The standard InChI is InChI=1S/C25H21N3O4/c29-25(10-8-18-7-9-22-23(14-18)31-13-12-30-22)27-19-4-3-5-21(15-19)32-17-20-16-28-11-2-1-6-24(28)26-20/h1-11,14-16H,12-13,17H2,(H,27,29)/b10-8+. The number of fused-ring (bicyclic) bond motifs is 2. The van der Waals surface area contributed by atoms with Crippen molar-refractivity contribution >= 4 is 23.3 Å². The van der Waals surface area contributed by atoms with Crippen molar-refractivity contribution in [3.8, 4) is 17.2 Å². The number of benzene rings is 2. The van der Waals surface area contributed by atoms with Crippen LogP contribution in [0.25, 0.3) is 11.7 Å². The molecule has 0 saturated heterocycles. The molecule has 0 unspecified atom stereocenters. The first-order chi connectivity index (χ1) is 15.7. The van der Waals surface area contributed by atoms with Gasteiger partial charge in [-0.1, -0.05) is 18.2 Å². The van der Waals surface area contributed by atoms with E-state index in [1.807, 2.05) is 71.4 Å². The monoisotopic (exact) mass is 427 g/mol. The molecule has 160 valence electrons. The van der Waals surface area contributed by atoms with Gasteiger partial charge in [0, 0.05) is 30.2 Å². The Kier molecular flexibility index (Phi) is 5.45. The fraction of sp³-hybridized carbons (Fsp3) is 0.120. The SMILES string of the molecule is O=C(/C=C/c1ccc2c(c1)OCCO2)Nc1cccc(OCc2cn3ccccc3n2)c1. The average Bonchev–Trinajstić information content (AvgIpc) is 3.25. The lowest BCUT2D eigenvalue weighted by molar-refractivity contribution is -0.111. The number of hydrogen-bond acceptors (Lipinski definition) is 5. The van der Waals surface area contributed by atoms with Gasteiger partial charge in [-0.25, -0.2) is 4.98 Å². The van der Waals surface area contributed by atoms with Crippen molar-refractivity contribution in [3.63, 3.8) is 0 Å². The molecule has 5 rings (SSSR count). The molecular formula is C25H21N3O4. The molecule has 7 heteroatoms. The number of carbonyl (C=O) groups is 1. The van der Waals surface area contributed by atoms with Crippen LogP contribution >= 0.6 is 0 Å². The predicted octanol–water partition coefficient (Wildman–Crippen LogP) is 4.34. The summed E-state index contributed by atoms with van der Waals surface area (Å²) in [6, 6.07) is 18.7. The summed E-state index contributed by atoms with van der Waals surface area (Å²) in [4.78, 5) is 16.9. The second-order valence-corrected chi connectivity index (χ2v) is 7.24. The molecule has 1 aliphatic heterocycles. The number of ether oxygens (including phenoxy) is 3. The van der Waals surface area contributed by atoms with E-state index in [1.54, 1.807) is 12.1 Å². The third kappa shape index (κ3) is 4.57. The number of nitrogens with one attached hydrogen (secondary N) is 1. The third-order valence-corrected chi connectivity index (χ3v) is 4.90. The Labute approximate surface area is 184 Å². The second kappa shape index (κ2) is 8.85. The van der Waals surface area contributed by atoms with Gasteiger partial charge in [0.25, 0.3) is 0 Å². The van der Waals surface area contributed by atoms with E-state index in [4.69, 9.17) is 14.2 Å². The molecule has 32 heavy (non-hydrogen) atoms. The van der Waals surface area contributed by atoms with E-state index in [2.05, 4.69) is 10.3 Å². The quantitative estimate of drug-likeness (QED) is 0.464. The van der Waals surface area contributed by atoms with Crippen LogP contribution in [0, 0.1) is 0 Å². The lowest BCUT2D eigenvalue weighted by atomic mass is 10.2. The van der Waals surface area contributed by atoms with Gasteiger partial charge in [-0.05, 0) is 48.0 Å². The number of pyridine rings is 1. The molecule has 0 saturated carbocycles. The number of anilines is 1. The summed E-state index contributed by atoms with van der Waals surface area (Å²) in [7, 11) is 0. The van der Waals surface area contributed by atoms with Gasteiger partial charge in [0.05, 0.1) is 5.69 Å². The van der Waals surface area contributed by atoms with Crippen LogP contribution in [0.3, 0.4) is 0 Å². The predicted molar refractivity (Wildman–Crippen MR) is 121 cm³/mol. The molecule has 3 heterocycles. The Hall–Kier alpha value is -4.26. The van der Waals surface area contributed by atoms with Gasteiger partial charge in [0.15, 0.2) is 11.5 Å². The minimum Gasteiger partial charge on any atom is -0.487 e. The third-order valence-electron chi connectivity index (χ3n) is 4.90. The summed E-state index contributed by atoms with van der Waals surface area (Å²) in [5.74, 6) is 1.82. The maximum absolute atomic E-state index is 12.4. The van der Waals surface area contributed by atoms with Crippen molar-refractivity contribution < 1.29 is 19.0 Å². The van der Waals surface area contributed by atoms with E-state index in [9.17, 15) is 4.79 Å². The average molecular weight is 427 g/mol. The van der Waals surface area contributed by atoms with Gasteiger partial charge in [-0.15, -0.1) is 0 Å². The van der Waals surface area contributed by atoms with Crippen molar-refractivity contribution in [1.29, 1.82) is 0 Å². The topological polar surface area (TPSA) is 74.1 Å². The van der Waals surface area contributed by atoms with Gasteiger partial charge in [-0.3, -0.25) is 4.79 Å². The van der Waals surface area contributed by atoms with Crippen LogP contribution in [-0.2, 0) is 11.4 Å². The first-order valence-corrected chi connectivity index (χ1v) is 10.3. The molecule has 4 aromatic rings. The highest BCUT2D eigenvalue weighted by Gasteiger charge is 2.11. The van der Waals surface area contributed by atoms with Crippen LogP contribution in [0.2, 0.25) is 0 Å². The normalized spacial score (nSPS) is 12.8. The molecule has 7 nitrogen and oxygen atoms in total. The molecule has 0 radical (unpaired) electrons. The summed E-state index contributed by atoms with van der Waals surface area (Å²) in [6.07, 6.45) is 7.09. The van der Waals surface area contributed by atoms with E-state index in [1.165, 1.54) is 6.08 Å². The minimum atomic E-state index is -0.239. The molecule has 0 aliphatic carbocycles. The lowest BCUT2D eigenvalue weighted by Gasteiger charge is -2.18. The Balaban J connectivity index is 1.19. The van der Waals surface area contributed by atoms with Crippen LogP contribution in [0.4, 0.5) is 5.69 Å². The zero-order chi connectivity index (χ0) is 21.8. The van der Waals surface area contributed by atoms with E-state index in [0.29, 0.717) is 37.0 Å². The second-order valence-electron chi connectivity index (χ2n) is 7.24. The summed E-state index contributed by atoms with van der Waals surface area (Å²) < 4.78 is 18.9. The molecule has 0 spiro atoms. The van der Waals surface area contributed by atoms with Crippen LogP contribution in [0.1, 0.15) is 11.3 Å². The van der Waals surface area contributed by atoms with Gasteiger partial charge in [0.2, 0.25) is 5.91 Å². The largest absolute Gasteiger partial charge is 0.487 e. The van der Waals surface area contributed by atoms with Crippen LogP contribution < -0.4 is 19.5 Å². The van der Waals surface area contributed by atoms with Crippen molar-refractivity contribution in [1.82, 2.24) is 9.38 Å². The Morgan fingerprint density at radius 2 is 1.97 bits per heavy atom. The summed E-state index contributed by atoms with van der Waals surface area (Å²) >= 11 is 0. The Morgan fingerprint density at radius 3 is 2.88 bits per heavy atom. The molecule has 0 atom stereocenters.